The first-order valence-corrected chi connectivity index (χ1v) is 23.2. The first kappa shape index (κ1) is 54.4. The fourth-order valence-corrected chi connectivity index (χ4v) is 7.82. The molecule has 8 rings (SSSR count). The predicted octanol–water partition coefficient (Wildman–Crippen LogP) is 12.4. The summed E-state index contributed by atoms with van der Waals surface area (Å²) in [5, 5.41) is 0. The van der Waals surface area contributed by atoms with Gasteiger partial charge in [-0.2, -0.15) is 0 Å². The Balaban J connectivity index is 0.000000226. The normalized spacial score (nSPS) is 22.3. The molecule has 14 heteroatoms. The summed E-state index contributed by atoms with van der Waals surface area (Å²) in [7, 11) is -1.70. The summed E-state index contributed by atoms with van der Waals surface area (Å²) < 4.78 is 51.0. The van der Waals surface area contributed by atoms with E-state index in [1.807, 2.05) is 79.7 Å². The predicted molar refractivity (Wildman–Crippen MR) is 276 cm³/mol. The van der Waals surface area contributed by atoms with Gasteiger partial charge in [-0.1, -0.05) is 120 Å². The van der Waals surface area contributed by atoms with E-state index in [9.17, 15) is 0 Å². The Morgan fingerprint density at radius 1 is 0.312 bits per heavy atom. The van der Waals surface area contributed by atoms with Crippen molar-refractivity contribution < 1.29 is 37.2 Å². The topological polar surface area (TPSA) is 73.8 Å². The zero-order valence-corrected chi connectivity index (χ0v) is 42.7. The second-order valence-corrected chi connectivity index (χ2v) is 22.5. The highest BCUT2D eigenvalue weighted by molar-refractivity contribution is 9.10. The first-order chi connectivity index (χ1) is 28.4. The molecule has 0 N–H and O–H groups in total. The minimum absolute atomic E-state index is 0. The summed E-state index contributed by atoms with van der Waals surface area (Å²) in [6.45, 7) is 32.8. The van der Waals surface area contributed by atoms with E-state index in [-0.39, 0.29) is 73.9 Å². The van der Waals surface area contributed by atoms with Crippen LogP contribution >= 0.6 is 31.9 Å². The van der Waals surface area contributed by atoms with Crippen LogP contribution in [0.25, 0.3) is 22.3 Å². The van der Waals surface area contributed by atoms with Crippen molar-refractivity contribution in [2.45, 2.75) is 170 Å². The van der Waals surface area contributed by atoms with Crippen LogP contribution in [0.5, 0.6) is 0 Å². The van der Waals surface area contributed by atoms with Crippen LogP contribution in [0.2, 0.25) is 0 Å². The number of benzene rings is 4. The maximum Gasteiger partial charge on any atom is 0.494 e. The van der Waals surface area contributed by atoms with Gasteiger partial charge in [0.2, 0.25) is 0 Å². The van der Waals surface area contributed by atoms with E-state index < -0.39 is 14.0 Å². The molecule has 0 aliphatic carbocycles. The second kappa shape index (κ2) is 19.4. The molecule has 4 aromatic carbocycles. The van der Waals surface area contributed by atoms with Crippen LogP contribution in [-0.2, 0) is 37.2 Å². The summed E-state index contributed by atoms with van der Waals surface area (Å²) in [4.78, 5) is 0. The van der Waals surface area contributed by atoms with E-state index in [1.54, 1.807) is 0 Å². The fourth-order valence-electron chi connectivity index (χ4n) is 7.02. The van der Waals surface area contributed by atoms with Gasteiger partial charge in [0.15, 0.2) is 0 Å². The smallest absolute Gasteiger partial charge is 0.405 e. The first-order valence-electron chi connectivity index (χ1n) is 21.6. The van der Waals surface area contributed by atoms with Crippen molar-refractivity contribution in [3.8, 4) is 22.3 Å². The quantitative estimate of drug-likeness (QED) is 0.183. The maximum absolute atomic E-state index is 6.23. The lowest BCUT2D eigenvalue weighted by Gasteiger charge is -2.32. The van der Waals surface area contributed by atoms with Crippen LogP contribution in [0.3, 0.4) is 0 Å². The Hall–Kier alpha value is -2.22. The van der Waals surface area contributed by atoms with Crippen molar-refractivity contribution in [2.75, 3.05) is 0 Å². The van der Waals surface area contributed by atoms with Gasteiger partial charge in [0, 0.05) is 8.95 Å². The van der Waals surface area contributed by atoms with Crippen LogP contribution in [0.4, 0.5) is 0 Å². The molecule has 4 saturated heterocycles. The van der Waals surface area contributed by atoms with E-state index >= 15 is 0 Å². The average molecular weight is 1000 g/mol. The van der Waals surface area contributed by atoms with Gasteiger partial charge in [-0.25, -0.2) is 0 Å². The van der Waals surface area contributed by atoms with Gasteiger partial charge in [-0.05, 0) is 168 Å². The Morgan fingerprint density at radius 3 is 0.781 bits per heavy atom. The highest BCUT2D eigenvalue weighted by Crippen LogP contribution is 2.43. The molecule has 0 atom stereocenters. The molecule has 0 amide bonds. The molecule has 4 heterocycles. The Kier molecular flexibility index (Phi) is 16.5. The van der Waals surface area contributed by atoms with E-state index in [0.29, 0.717) is 0 Å². The molecule has 4 aliphatic heterocycles. The molecule has 4 fully saturated rings. The Bertz CT molecular complexity index is 2010. The second-order valence-electron chi connectivity index (χ2n) is 20.7. The molecule has 0 saturated carbocycles. The van der Waals surface area contributed by atoms with Crippen molar-refractivity contribution in [3.05, 3.63) is 106 Å². The van der Waals surface area contributed by atoms with Crippen molar-refractivity contribution in [3.63, 3.8) is 0 Å². The van der Waals surface area contributed by atoms with E-state index in [2.05, 4.69) is 160 Å². The largest absolute Gasteiger partial charge is 0.494 e. The van der Waals surface area contributed by atoms with Crippen molar-refractivity contribution in [2.24, 2.45) is 0 Å². The van der Waals surface area contributed by atoms with Gasteiger partial charge >= 0.3 is 28.3 Å². The average Bonchev–Trinajstić information content (AvgIpc) is 3.72. The van der Waals surface area contributed by atoms with E-state index in [1.165, 1.54) is 11.1 Å². The summed E-state index contributed by atoms with van der Waals surface area (Å²) in [6.07, 6.45) is 0. The van der Waals surface area contributed by atoms with Gasteiger partial charge in [0.1, 0.15) is 0 Å². The zero-order valence-electron chi connectivity index (χ0n) is 39.6. The van der Waals surface area contributed by atoms with Gasteiger partial charge in [0.25, 0.3) is 0 Å². The standard InChI is InChI=1S/C24H32B2O4.C12H24B2O4.C12H8Br2.2CH4/c1-21(2)22(3,4)28-25(27-21)19-13-9-11-17(15-19)18-12-10-14-20(16-18)26-29-23(5,6)24(7,8)30-26;1-9(2)10(3,4)16-13(15-9)14-17-11(5,6)12(7,8)18-14;13-11-5-1-3-9(7-11)10-4-2-6-12(14)8-10;;/h9-16H,1-8H3;1-8H3;1-8H;2*1H4. The molecular weight excluding hydrogens is 932 g/mol. The number of halogens is 2. The van der Waals surface area contributed by atoms with Crippen LogP contribution in [0, 0.1) is 0 Å². The molecular formula is C50H72B4Br2O8. The minimum atomic E-state index is -0.476. The Labute approximate surface area is 404 Å². The number of hydrogen-bond donors (Lipinski definition) is 0. The highest BCUT2D eigenvalue weighted by atomic mass is 79.9. The highest BCUT2D eigenvalue weighted by Gasteiger charge is 2.64. The molecule has 0 radical (unpaired) electrons. The molecule has 346 valence electrons. The zero-order chi connectivity index (χ0) is 45.9. The third-order valence-electron chi connectivity index (χ3n) is 13.9. The summed E-state index contributed by atoms with van der Waals surface area (Å²) in [6, 6.07) is 33.3. The molecule has 4 aromatic rings. The van der Waals surface area contributed by atoms with Gasteiger partial charge in [0.05, 0.1) is 44.8 Å². The van der Waals surface area contributed by atoms with Crippen LogP contribution in [0.15, 0.2) is 106 Å². The molecule has 4 aliphatic rings. The monoisotopic (exact) mass is 1000 g/mol. The van der Waals surface area contributed by atoms with E-state index in [0.717, 1.165) is 31.0 Å². The van der Waals surface area contributed by atoms with Crippen LogP contribution in [0.1, 0.15) is 126 Å². The van der Waals surface area contributed by atoms with Crippen LogP contribution in [-0.4, -0.2) is 73.1 Å². The molecule has 0 unspecified atom stereocenters. The van der Waals surface area contributed by atoms with Crippen molar-refractivity contribution in [1.82, 2.24) is 0 Å². The van der Waals surface area contributed by atoms with Crippen molar-refractivity contribution >= 4 is 71.0 Å². The third kappa shape index (κ3) is 11.5. The molecule has 0 spiro atoms. The summed E-state index contributed by atoms with van der Waals surface area (Å²) in [5.74, 6) is 0. The maximum atomic E-state index is 6.23. The number of hydrogen-bond acceptors (Lipinski definition) is 8. The minimum Gasteiger partial charge on any atom is -0.405 e. The Morgan fingerprint density at radius 2 is 0.531 bits per heavy atom. The fraction of sp³-hybridized carbons (Fsp3) is 0.520. The van der Waals surface area contributed by atoms with Crippen LogP contribution < -0.4 is 10.9 Å². The SMILES string of the molecule is Brc1cccc(-c2cccc(Br)c2)c1.C.C.CC1(C)OB(B2OC(C)(C)C(C)(C)O2)OC1(C)C.CC1(C)OB(c2cccc(-c3cccc(B4OC(C)(C)C(C)(C)O4)c3)c2)OC1(C)C. The molecule has 0 bridgehead atoms. The van der Waals surface area contributed by atoms with Gasteiger partial charge in [-0.3, -0.25) is 0 Å². The van der Waals surface area contributed by atoms with E-state index in [4.69, 9.17) is 37.2 Å². The summed E-state index contributed by atoms with van der Waals surface area (Å²) in [5.41, 5.74) is 3.84. The molecule has 64 heavy (non-hydrogen) atoms. The van der Waals surface area contributed by atoms with Gasteiger partial charge in [-0.15, -0.1) is 0 Å². The molecule has 8 nitrogen and oxygen atoms in total. The van der Waals surface area contributed by atoms with Crippen molar-refractivity contribution in [1.29, 1.82) is 0 Å². The third-order valence-corrected chi connectivity index (χ3v) is 14.9. The lowest BCUT2D eigenvalue weighted by Crippen LogP contribution is -2.41. The lowest BCUT2D eigenvalue weighted by atomic mass is 9.49. The summed E-state index contributed by atoms with van der Waals surface area (Å²) >= 11 is 6.93. The van der Waals surface area contributed by atoms with Gasteiger partial charge < -0.3 is 37.2 Å². The molecule has 0 aromatic heterocycles. The number of rotatable bonds is 5. The lowest BCUT2D eigenvalue weighted by molar-refractivity contribution is 0.00578.